The summed E-state index contributed by atoms with van der Waals surface area (Å²) in [4.78, 5) is 0. The first-order chi connectivity index (χ1) is 9.81. The van der Waals surface area contributed by atoms with E-state index in [1.54, 1.807) is 18.2 Å². The normalized spacial score (nSPS) is 14.9. The molecule has 0 amide bonds. The summed E-state index contributed by atoms with van der Waals surface area (Å²) in [6, 6.07) is 8.62. The smallest absolute Gasteiger partial charge is 0.416 e. The molecule has 0 aliphatic carbocycles. The second-order valence-electron chi connectivity index (χ2n) is 5.01. The molecule has 6 heteroatoms. The fourth-order valence-electron chi connectivity index (χ4n) is 2.06. The molecule has 0 aliphatic heterocycles. The Hall–Kier alpha value is -1.79. The van der Waals surface area contributed by atoms with Gasteiger partial charge in [0, 0.05) is 13.1 Å². The third-order valence-corrected chi connectivity index (χ3v) is 3.16. The minimum Gasteiger partial charge on any atom is -0.466 e. The van der Waals surface area contributed by atoms with Gasteiger partial charge in [0.1, 0.15) is 11.4 Å². The van der Waals surface area contributed by atoms with Crippen molar-refractivity contribution >= 4 is 0 Å². The molecule has 2 rings (SSSR count). The predicted octanol–water partition coefficient (Wildman–Crippen LogP) is 3.30. The van der Waals surface area contributed by atoms with Crippen molar-refractivity contribution in [1.82, 2.24) is 5.32 Å². The van der Waals surface area contributed by atoms with Gasteiger partial charge >= 0.3 is 6.18 Å². The van der Waals surface area contributed by atoms with E-state index in [9.17, 15) is 18.3 Å². The number of alkyl halides is 3. The van der Waals surface area contributed by atoms with Crippen LogP contribution in [0.2, 0.25) is 0 Å². The monoisotopic (exact) mass is 299 g/mol. The van der Waals surface area contributed by atoms with E-state index in [1.165, 1.54) is 25.3 Å². The molecule has 1 unspecified atom stereocenters. The first-order valence-corrected chi connectivity index (χ1v) is 6.43. The molecule has 0 bridgehead atoms. The van der Waals surface area contributed by atoms with Crippen molar-refractivity contribution in [2.24, 2.45) is 0 Å². The highest BCUT2D eigenvalue weighted by atomic mass is 19.4. The van der Waals surface area contributed by atoms with Crippen LogP contribution in [0.4, 0.5) is 13.2 Å². The molecule has 1 aromatic carbocycles. The van der Waals surface area contributed by atoms with Crippen molar-refractivity contribution < 1.29 is 22.7 Å². The van der Waals surface area contributed by atoms with Crippen molar-refractivity contribution in [1.29, 1.82) is 0 Å². The van der Waals surface area contributed by atoms with Gasteiger partial charge in [-0.05, 0) is 30.7 Å². The highest BCUT2D eigenvalue weighted by Gasteiger charge is 2.33. The maximum absolute atomic E-state index is 12.8. The topological polar surface area (TPSA) is 45.4 Å². The van der Waals surface area contributed by atoms with Gasteiger partial charge in [0.05, 0.1) is 11.8 Å². The molecule has 21 heavy (non-hydrogen) atoms. The van der Waals surface area contributed by atoms with Gasteiger partial charge in [0.2, 0.25) is 0 Å². The van der Waals surface area contributed by atoms with Crippen molar-refractivity contribution in [2.75, 3.05) is 6.54 Å². The van der Waals surface area contributed by atoms with Gasteiger partial charge in [-0.2, -0.15) is 13.2 Å². The summed E-state index contributed by atoms with van der Waals surface area (Å²) in [6.45, 7) is 1.62. The van der Waals surface area contributed by atoms with E-state index in [0.29, 0.717) is 5.76 Å². The molecule has 1 atom stereocenters. The molecule has 0 spiro atoms. The SMILES string of the molecule is CC(O)(CNCc1ccccc1C(F)(F)F)c1ccco1. The van der Waals surface area contributed by atoms with Crippen LogP contribution in [0.1, 0.15) is 23.8 Å². The van der Waals surface area contributed by atoms with Crippen LogP contribution in [0.5, 0.6) is 0 Å². The van der Waals surface area contributed by atoms with Crippen molar-refractivity contribution in [3.63, 3.8) is 0 Å². The molecule has 0 fully saturated rings. The first-order valence-electron chi connectivity index (χ1n) is 6.43. The average molecular weight is 299 g/mol. The summed E-state index contributed by atoms with van der Waals surface area (Å²) in [5, 5.41) is 13.0. The van der Waals surface area contributed by atoms with Crippen molar-refractivity contribution in [3.8, 4) is 0 Å². The standard InChI is InChI=1S/C15H16F3NO2/c1-14(20,13-7-4-8-21-13)10-19-9-11-5-2-3-6-12(11)15(16,17)18/h2-8,19-20H,9-10H2,1H3. The molecule has 0 saturated carbocycles. The van der Waals surface area contributed by atoms with Crippen LogP contribution in [0, 0.1) is 0 Å². The van der Waals surface area contributed by atoms with Crippen LogP contribution < -0.4 is 5.32 Å². The number of aliphatic hydroxyl groups is 1. The van der Waals surface area contributed by atoms with E-state index in [1.807, 2.05) is 0 Å². The Labute approximate surface area is 120 Å². The summed E-state index contributed by atoms with van der Waals surface area (Å²) in [5.41, 5.74) is -1.81. The van der Waals surface area contributed by atoms with E-state index >= 15 is 0 Å². The zero-order valence-electron chi connectivity index (χ0n) is 11.4. The number of halogens is 3. The second-order valence-corrected chi connectivity index (χ2v) is 5.01. The Morgan fingerprint density at radius 1 is 1.14 bits per heavy atom. The number of nitrogens with one attached hydrogen (secondary N) is 1. The van der Waals surface area contributed by atoms with Gasteiger partial charge in [0.15, 0.2) is 0 Å². The van der Waals surface area contributed by atoms with Gasteiger partial charge in [-0.25, -0.2) is 0 Å². The fourth-order valence-corrected chi connectivity index (χ4v) is 2.06. The third kappa shape index (κ3) is 3.86. The van der Waals surface area contributed by atoms with Crippen molar-refractivity contribution in [3.05, 3.63) is 59.5 Å². The Bertz CT molecular complexity index is 577. The van der Waals surface area contributed by atoms with E-state index in [4.69, 9.17) is 4.42 Å². The molecule has 2 aromatic rings. The van der Waals surface area contributed by atoms with Crippen LogP contribution in [-0.4, -0.2) is 11.7 Å². The quantitative estimate of drug-likeness (QED) is 0.890. The minimum atomic E-state index is -4.39. The fraction of sp³-hybridized carbons (Fsp3) is 0.333. The highest BCUT2D eigenvalue weighted by Crippen LogP contribution is 2.31. The summed E-state index contributed by atoms with van der Waals surface area (Å²) in [6.07, 6.45) is -2.95. The molecule has 114 valence electrons. The number of benzene rings is 1. The third-order valence-electron chi connectivity index (χ3n) is 3.16. The van der Waals surface area contributed by atoms with Crippen LogP contribution in [0.25, 0.3) is 0 Å². The summed E-state index contributed by atoms with van der Waals surface area (Å²) in [5.74, 6) is 0.360. The van der Waals surface area contributed by atoms with Crippen LogP contribution in [0.15, 0.2) is 47.1 Å². The summed E-state index contributed by atoms with van der Waals surface area (Å²) >= 11 is 0. The van der Waals surface area contributed by atoms with Gasteiger partial charge < -0.3 is 14.8 Å². The Morgan fingerprint density at radius 3 is 2.48 bits per heavy atom. The molecule has 3 nitrogen and oxygen atoms in total. The lowest BCUT2D eigenvalue weighted by Crippen LogP contribution is -2.35. The maximum Gasteiger partial charge on any atom is 0.416 e. The number of furan rings is 1. The largest absolute Gasteiger partial charge is 0.466 e. The van der Waals surface area contributed by atoms with Gasteiger partial charge in [-0.3, -0.25) is 0 Å². The molecule has 0 radical (unpaired) electrons. The molecule has 0 aliphatic rings. The molecule has 1 heterocycles. The number of hydrogen-bond acceptors (Lipinski definition) is 3. The van der Waals surface area contributed by atoms with Crippen LogP contribution in [0.3, 0.4) is 0 Å². The van der Waals surface area contributed by atoms with E-state index in [0.717, 1.165) is 6.07 Å². The predicted molar refractivity (Wildman–Crippen MR) is 71.4 cm³/mol. The molecular formula is C15H16F3NO2. The van der Waals surface area contributed by atoms with Gasteiger partial charge in [0.25, 0.3) is 0 Å². The second kappa shape index (κ2) is 5.91. The van der Waals surface area contributed by atoms with Crippen LogP contribution in [-0.2, 0) is 18.3 Å². The molecule has 1 aromatic heterocycles. The molecular weight excluding hydrogens is 283 g/mol. The molecule has 2 N–H and O–H groups in total. The first kappa shape index (κ1) is 15.6. The average Bonchev–Trinajstić information content (AvgIpc) is 2.92. The van der Waals surface area contributed by atoms with E-state index in [2.05, 4.69) is 5.32 Å². The number of rotatable bonds is 5. The van der Waals surface area contributed by atoms with Gasteiger partial charge in [-0.15, -0.1) is 0 Å². The van der Waals surface area contributed by atoms with Crippen molar-refractivity contribution in [2.45, 2.75) is 25.2 Å². The lowest BCUT2D eigenvalue weighted by molar-refractivity contribution is -0.138. The zero-order chi connectivity index (χ0) is 15.5. The summed E-state index contributed by atoms with van der Waals surface area (Å²) in [7, 11) is 0. The Kier molecular flexibility index (Phi) is 4.39. The lowest BCUT2D eigenvalue weighted by atomic mass is 10.0. The summed E-state index contributed by atoms with van der Waals surface area (Å²) < 4.78 is 43.6. The Morgan fingerprint density at radius 2 is 1.86 bits per heavy atom. The van der Waals surface area contributed by atoms with E-state index in [-0.39, 0.29) is 18.7 Å². The van der Waals surface area contributed by atoms with E-state index < -0.39 is 17.3 Å². The van der Waals surface area contributed by atoms with Gasteiger partial charge in [-0.1, -0.05) is 18.2 Å². The molecule has 0 saturated heterocycles. The highest BCUT2D eigenvalue weighted by molar-refractivity contribution is 5.29. The van der Waals surface area contributed by atoms with Crippen LogP contribution >= 0.6 is 0 Å². The zero-order valence-corrected chi connectivity index (χ0v) is 11.4. The Balaban J connectivity index is 2.02. The lowest BCUT2D eigenvalue weighted by Gasteiger charge is -2.22. The minimum absolute atomic E-state index is 0.00649. The maximum atomic E-state index is 12.8. The number of hydrogen-bond donors (Lipinski definition) is 2.